The molecule has 2 rings (SSSR count). The van der Waals surface area contributed by atoms with Gasteiger partial charge in [0.2, 0.25) is 11.8 Å². The summed E-state index contributed by atoms with van der Waals surface area (Å²) in [5.74, 6) is -0.469. The average molecular weight is 409 g/mol. The molecule has 7 nitrogen and oxygen atoms in total. The van der Waals surface area contributed by atoms with Crippen molar-refractivity contribution in [3.63, 3.8) is 0 Å². The summed E-state index contributed by atoms with van der Waals surface area (Å²) in [6, 6.07) is 1.83. The molecule has 8 heteroatoms. The number of nitrogens with zero attached hydrogens (tertiary/aromatic N) is 1. The SMILES string of the molecule is Cc1cc(NC(=O)C(C)(C)C)sc1C(=O)NCCCN1CCCC(C(N)=O)C1. The van der Waals surface area contributed by atoms with Gasteiger partial charge in [-0.3, -0.25) is 14.4 Å². The Morgan fingerprint density at radius 3 is 2.68 bits per heavy atom. The van der Waals surface area contributed by atoms with Crippen LogP contribution in [-0.4, -0.2) is 48.8 Å². The summed E-state index contributed by atoms with van der Waals surface area (Å²) >= 11 is 1.30. The average Bonchev–Trinajstić information content (AvgIpc) is 2.98. The number of thiophene rings is 1. The molecule has 1 aromatic rings. The van der Waals surface area contributed by atoms with Gasteiger partial charge in [-0.25, -0.2) is 0 Å². The minimum atomic E-state index is -0.484. The van der Waals surface area contributed by atoms with Crippen molar-refractivity contribution in [1.82, 2.24) is 10.2 Å². The molecule has 0 spiro atoms. The van der Waals surface area contributed by atoms with Crippen molar-refractivity contribution in [2.45, 2.75) is 47.0 Å². The van der Waals surface area contributed by atoms with Gasteiger partial charge in [0, 0.05) is 18.5 Å². The van der Waals surface area contributed by atoms with Crippen molar-refractivity contribution in [3.05, 3.63) is 16.5 Å². The van der Waals surface area contributed by atoms with Crippen molar-refractivity contribution in [3.8, 4) is 0 Å². The Morgan fingerprint density at radius 1 is 1.32 bits per heavy atom. The Bertz CT molecular complexity index is 724. The fourth-order valence-corrected chi connectivity index (χ4v) is 4.13. The molecule has 1 fully saturated rings. The molecular formula is C20H32N4O3S. The molecule has 28 heavy (non-hydrogen) atoms. The quantitative estimate of drug-likeness (QED) is 0.602. The van der Waals surface area contributed by atoms with E-state index in [9.17, 15) is 14.4 Å². The largest absolute Gasteiger partial charge is 0.369 e. The van der Waals surface area contributed by atoms with E-state index in [0.717, 1.165) is 37.9 Å². The lowest BCUT2D eigenvalue weighted by Gasteiger charge is -2.31. The van der Waals surface area contributed by atoms with Crippen LogP contribution in [0.1, 0.15) is 55.3 Å². The van der Waals surface area contributed by atoms with Crippen LogP contribution >= 0.6 is 11.3 Å². The Balaban J connectivity index is 1.79. The number of rotatable bonds is 7. The highest BCUT2D eigenvalue weighted by atomic mass is 32.1. The van der Waals surface area contributed by atoms with Crippen molar-refractivity contribution in [2.24, 2.45) is 17.1 Å². The van der Waals surface area contributed by atoms with Crippen LogP contribution in [0.2, 0.25) is 0 Å². The van der Waals surface area contributed by atoms with Gasteiger partial charge in [-0.05, 0) is 50.9 Å². The number of carbonyl (C=O) groups is 3. The highest BCUT2D eigenvalue weighted by molar-refractivity contribution is 7.18. The first-order chi connectivity index (χ1) is 13.1. The van der Waals surface area contributed by atoms with Gasteiger partial charge in [0.25, 0.3) is 5.91 Å². The Morgan fingerprint density at radius 2 is 2.04 bits per heavy atom. The molecule has 1 aliphatic rings. The molecule has 0 saturated carbocycles. The Kier molecular flexibility index (Phi) is 7.60. The van der Waals surface area contributed by atoms with Gasteiger partial charge in [0.05, 0.1) is 15.8 Å². The zero-order chi connectivity index (χ0) is 20.9. The number of likely N-dealkylation sites (tertiary alicyclic amines) is 1. The first-order valence-corrected chi connectivity index (χ1v) is 10.6. The van der Waals surface area contributed by atoms with Gasteiger partial charge in [-0.1, -0.05) is 20.8 Å². The summed E-state index contributed by atoms with van der Waals surface area (Å²) in [4.78, 5) is 38.8. The van der Waals surface area contributed by atoms with Crippen molar-refractivity contribution >= 4 is 34.1 Å². The lowest BCUT2D eigenvalue weighted by atomic mass is 9.96. The van der Waals surface area contributed by atoms with Gasteiger partial charge in [-0.2, -0.15) is 0 Å². The third kappa shape index (κ3) is 6.31. The van der Waals surface area contributed by atoms with Crippen molar-refractivity contribution in [2.75, 3.05) is 31.5 Å². The molecular weight excluding hydrogens is 376 g/mol. The third-order valence-corrected chi connectivity index (χ3v) is 6.04. The second kappa shape index (κ2) is 9.52. The monoisotopic (exact) mass is 408 g/mol. The topological polar surface area (TPSA) is 105 Å². The van der Waals surface area contributed by atoms with Crippen LogP contribution in [0, 0.1) is 18.3 Å². The van der Waals surface area contributed by atoms with Crippen LogP contribution in [0.3, 0.4) is 0 Å². The molecule has 156 valence electrons. The predicted molar refractivity (Wildman–Crippen MR) is 112 cm³/mol. The van der Waals surface area contributed by atoms with Crippen LogP contribution in [0.15, 0.2) is 6.07 Å². The Hall–Kier alpha value is -1.93. The number of nitrogens with one attached hydrogen (secondary N) is 2. The zero-order valence-electron chi connectivity index (χ0n) is 17.3. The number of piperidine rings is 1. The molecule has 4 N–H and O–H groups in total. The van der Waals surface area contributed by atoms with E-state index >= 15 is 0 Å². The van der Waals surface area contributed by atoms with E-state index in [2.05, 4.69) is 15.5 Å². The number of primary amides is 1. The second-order valence-corrected chi connectivity index (χ2v) is 9.53. The molecule has 0 bridgehead atoms. The van der Waals surface area contributed by atoms with Crippen molar-refractivity contribution in [1.29, 1.82) is 0 Å². The molecule has 1 unspecified atom stereocenters. The van der Waals surface area contributed by atoms with Crippen LogP contribution in [0.4, 0.5) is 5.00 Å². The third-order valence-electron chi connectivity index (χ3n) is 4.89. The molecule has 1 aliphatic heterocycles. The van der Waals surface area contributed by atoms with Crippen LogP contribution in [-0.2, 0) is 9.59 Å². The highest BCUT2D eigenvalue weighted by Gasteiger charge is 2.24. The van der Waals surface area contributed by atoms with Gasteiger partial charge in [0.15, 0.2) is 0 Å². The highest BCUT2D eigenvalue weighted by Crippen LogP contribution is 2.28. The van der Waals surface area contributed by atoms with E-state index < -0.39 is 5.41 Å². The molecule has 0 aromatic carbocycles. The van der Waals surface area contributed by atoms with Gasteiger partial charge < -0.3 is 21.3 Å². The standard InChI is InChI=1S/C20H32N4O3S/c1-13-11-15(23-19(27)20(2,3)4)28-16(13)18(26)22-8-6-10-24-9-5-7-14(12-24)17(21)25/h11,14H,5-10,12H2,1-4H3,(H2,21,25)(H,22,26)(H,23,27). The van der Waals surface area contributed by atoms with Gasteiger partial charge in [0.1, 0.15) is 0 Å². The summed E-state index contributed by atoms with van der Waals surface area (Å²) in [6.07, 6.45) is 2.67. The van der Waals surface area contributed by atoms with E-state index in [1.54, 1.807) is 0 Å². The summed E-state index contributed by atoms with van der Waals surface area (Å²) in [5.41, 5.74) is 5.78. The van der Waals surface area contributed by atoms with E-state index in [1.165, 1.54) is 11.3 Å². The number of nitrogens with two attached hydrogens (primary N) is 1. The summed E-state index contributed by atoms with van der Waals surface area (Å²) < 4.78 is 0. The van der Waals surface area contributed by atoms with E-state index in [4.69, 9.17) is 5.73 Å². The second-order valence-electron chi connectivity index (χ2n) is 8.48. The smallest absolute Gasteiger partial charge is 0.261 e. The number of amides is 3. The minimum Gasteiger partial charge on any atom is -0.369 e. The van der Waals surface area contributed by atoms with E-state index in [1.807, 2.05) is 33.8 Å². The lowest BCUT2D eigenvalue weighted by molar-refractivity contribution is -0.124. The summed E-state index contributed by atoms with van der Waals surface area (Å²) in [5, 5.41) is 6.52. The fourth-order valence-electron chi connectivity index (χ4n) is 3.14. The number of hydrogen-bond donors (Lipinski definition) is 3. The number of aryl methyl sites for hydroxylation is 1. The van der Waals surface area contributed by atoms with Crippen LogP contribution in [0.5, 0.6) is 0 Å². The van der Waals surface area contributed by atoms with Crippen molar-refractivity contribution < 1.29 is 14.4 Å². The minimum absolute atomic E-state index is 0.0566. The van der Waals surface area contributed by atoms with Gasteiger partial charge in [-0.15, -0.1) is 11.3 Å². The molecule has 1 saturated heterocycles. The first-order valence-electron chi connectivity index (χ1n) is 9.79. The number of carbonyl (C=O) groups excluding carboxylic acids is 3. The van der Waals surface area contributed by atoms with Crippen LogP contribution in [0.25, 0.3) is 0 Å². The molecule has 0 radical (unpaired) electrons. The fraction of sp³-hybridized carbons (Fsp3) is 0.650. The molecule has 1 aromatic heterocycles. The van der Waals surface area contributed by atoms with E-state index in [-0.39, 0.29) is 23.6 Å². The van der Waals surface area contributed by atoms with Crippen LogP contribution < -0.4 is 16.4 Å². The first kappa shape index (κ1) is 22.4. The maximum Gasteiger partial charge on any atom is 0.261 e. The maximum absolute atomic E-state index is 12.5. The predicted octanol–water partition coefficient (Wildman–Crippen LogP) is 2.36. The molecule has 2 heterocycles. The maximum atomic E-state index is 12.5. The Labute approximate surface area is 171 Å². The molecule has 3 amide bonds. The summed E-state index contributed by atoms with van der Waals surface area (Å²) in [6.45, 7) is 10.5. The van der Waals surface area contributed by atoms with E-state index in [0.29, 0.717) is 23.0 Å². The molecule has 1 atom stereocenters. The summed E-state index contributed by atoms with van der Waals surface area (Å²) in [7, 11) is 0. The number of hydrogen-bond acceptors (Lipinski definition) is 5. The molecule has 0 aliphatic carbocycles. The van der Waals surface area contributed by atoms with Gasteiger partial charge >= 0.3 is 0 Å². The lowest BCUT2D eigenvalue weighted by Crippen LogP contribution is -2.42. The zero-order valence-corrected chi connectivity index (χ0v) is 18.1. The normalized spacial score (nSPS) is 17.9. The number of anilines is 1.